The number of hydrogen-bond donors (Lipinski definition) is 0. The van der Waals surface area contributed by atoms with Gasteiger partial charge in [-0.2, -0.15) is 5.26 Å². The molecule has 0 unspecified atom stereocenters. The Kier molecular flexibility index (Phi) is 5.42. The monoisotopic (exact) mass is 261 g/mol. The fraction of sp³-hybridized carbons (Fsp3) is 0.286. The molecule has 0 heterocycles. The highest BCUT2D eigenvalue weighted by Gasteiger charge is 2.09. The number of hydrogen-bond acceptors (Lipinski definition) is 5. The topological polar surface area (TPSA) is 68.6 Å². The molecular formula is C14H15NO4. The number of carbonyl (C=O) groups is 1. The van der Waals surface area contributed by atoms with Crippen LogP contribution < -0.4 is 9.47 Å². The summed E-state index contributed by atoms with van der Waals surface area (Å²) in [5.74, 6) is 0.499. The van der Waals surface area contributed by atoms with E-state index in [1.165, 1.54) is 14.2 Å². The van der Waals surface area contributed by atoms with Crippen LogP contribution in [0, 0.1) is 11.3 Å². The highest BCUT2D eigenvalue weighted by atomic mass is 16.5. The van der Waals surface area contributed by atoms with E-state index in [0.717, 1.165) is 6.08 Å². The predicted molar refractivity (Wildman–Crippen MR) is 69.8 cm³/mol. The Bertz CT molecular complexity index is 529. The number of benzene rings is 1. The molecule has 0 atom stereocenters. The Hall–Kier alpha value is -2.48. The molecular weight excluding hydrogens is 246 g/mol. The first-order valence-corrected chi connectivity index (χ1v) is 5.67. The first-order chi connectivity index (χ1) is 9.15. The van der Waals surface area contributed by atoms with E-state index >= 15 is 0 Å². The molecule has 100 valence electrons. The molecule has 1 rings (SSSR count). The quantitative estimate of drug-likeness (QED) is 0.461. The van der Waals surface area contributed by atoms with Crippen molar-refractivity contribution in [2.75, 3.05) is 20.8 Å². The van der Waals surface area contributed by atoms with Crippen molar-refractivity contribution in [2.24, 2.45) is 0 Å². The molecule has 0 aliphatic rings. The van der Waals surface area contributed by atoms with E-state index in [1.54, 1.807) is 25.1 Å². The van der Waals surface area contributed by atoms with Crippen molar-refractivity contribution in [3.05, 3.63) is 29.8 Å². The van der Waals surface area contributed by atoms with Gasteiger partial charge in [0, 0.05) is 6.08 Å². The molecule has 0 saturated heterocycles. The number of nitriles is 1. The van der Waals surface area contributed by atoms with Crippen LogP contribution in [0.2, 0.25) is 0 Å². The van der Waals surface area contributed by atoms with Gasteiger partial charge in [-0.15, -0.1) is 0 Å². The summed E-state index contributed by atoms with van der Waals surface area (Å²) in [7, 11) is 3.03. The van der Waals surface area contributed by atoms with Crippen LogP contribution in [0.4, 0.5) is 0 Å². The molecule has 0 bridgehead atoms. The fourth-order valence-electron chi connectivity index (χ4n) is 1.49. The average Bonchev–Trinajstić information content (AvgIpc) is 2.44. The fourth-order valence-corrected chi connectivity index (χ4v) is 1.49. The third-order valence-corrected chi connectivity index (χ3v) is 2.36. The number of allylic oxidation sites excluding steroid dienone is 1. The van der Waals surface area contributed by atoms with Crippen molar-refractivity contribution in [1.29, 1.82) is 5.26 Å². The van der Waals surface area contributed by atoms with Gasteiger partial charge in [0.25, 0.3) is 0 Å². The van der Waals surface area contributed by atoms with Crippen molar-refractivity contribution in [3.63, 3.8) is 0 Å². The van der Waals surface area contributed by atoms with Gasteiger partial charge < -0.3 is 14.2 Å². The van der Waals surface area contributed by atoms with E-state index in [1.807, 2.05) is 6.07 Å². The second-order valence-electron chi connectivity index (χ2n) is 3.49. The third kappa shape index (κ3) is 3.75. The maximum absolute atomic E-state index is 11.4. The second-order valence-corrected chi connectivity index (χ2v) is 3.49. The van der Waals surface area contributed by atoms with E-state index in [2.05, 4.69) is 0 Å². The van der Waals surface area contributed by atoms with Crippen molar-refractivity contribution in [1.82, 2.24) is 0 Å². The summed E-state index contributed by atoms with van der Waals surface area (Å²) >= 11 is 0. The first kappa shape index (κ1) is 14.6. The molecule has 5 nitrogen and oxygen atoms in total. The molecule has 0 aliphatic carbocycles. The summed E-state index contributed by atoms with van der Waals surface area (Å²) in [6, 6.07) is 6.94. The van der Waals surface area contributed by atoms with E-state index in [0.29, 0.717) is 17.1 Å². The van der Waals surface area contributed by atoms with Crippen molar-refractivity contribution in [3.8, 4) is 17.6 Å². The summed E-state index contributed by atoms with van der Waals surface area (Å²) in [4.78, 5) is 11.4. The number of nitrogens with zero attached hydrogens (tertiary/aromatic N) is 1. The van der Waals surface area contributed by atoms with Crippen molar-refractivity contribution < 1.29 is 19.0 Å². The third-order valence-electron chi connectivity index (χ3n) is 2.36. The van der Waals surface area contributed by atoms with Gasteiger partial charge in [-0.25, -0.2) is 4.79 Å². The molecule has 0 N–H and O–H groups in total. The van der Waals surface area contributed by atoms with Crippen molar-refractivity contribution in [2.45, 2.75) is 6.92 Å². The molecule has 0 saturated carbocycles. The molecule has 5 heteroatoms. The van der Waals surface area contributed by atoms with Crippen LogP contribution in [0.25, 0.3) is 5.57 Å². The zero-order chi connectivity index (χ0) is 14.3. The number of methoxy groups -OCH3 is 2. The lowest BCUT2D eigenvalue weighted by atomic mass is 10.1. The lowest BCUT2D eigenvalue weighted by molar-refractivity contribution is -0.137. The van der Waals surface area contributed by atoms with Crippen LogP contribution >= 0.6 is 0 Å². The molecule has 0 spiro atoms. The summed E-state index contributed by atoms with van der Waals surface area (Å²) in [5.41, 5.74) is 0.771. The Balaban J connectivity index is 3.13. The average molecular weight is 261 g/mol. The van der Waals surface area contributed by atoms with Gasteiger partial charge in [0.15, 0.2) is 11.5 Å². The molecule has 0 amide bonds. The van der Waals surface area contributed by atoms with E-state index in [9.17, 15) is 4.79 Å². The minimum atomic E-state index is -0.547. The second kappa shape index (κ2) is 7.07. The molecule has 0 aromatic heterocycles. The smallest absolute Gasteiger partial charge is 0.332 e. The molecule has 1 aromatic carbocycles. The highest BCUT2D eigenvalue weighted by molar-refractivity contribution is 5.95. The molecule has 0 aliphatic heterocycles. The van der Waals surface area contributed by atoms with Crippen molar-refractivity contribution >= 4 is 11.5 Å². The van der Waals surface area contributed by atoms with E-state index in [-0.39, 0.29) is 12.2 Å². The van der Waals surface area contributed by atoms with Crippen LogP contribution in [-0.2, 0) is 9.53 Å². The lowest BCUT2D eigenvalue weighted by Gasteiger charge is -2.08. The number of carbonyl (C=O) groups excluding carboxylic acids is 1. The van der Waals surface area contributed by atoms with Gasteiger partial charge in [0.05, 0.1) is 26.4 Å². The molecule has 19 heavy (non-hydrogen) atoms. The normalized spacial score (nSPS) is 10.5. The lowest BCUT2D eigenvalue weighted by Crippen LogP contribution is -2.00. The van der Waals surface area contributed by atoms with Gasteiger partial charge in [-0.1, -0.05) is 0 Å². The van der Waals surface area contributed by atoms with Crippen LogP contribution in [0.3, 0.4) is 0 Å². The zero-order valence-electron chi connectivity index (χ0n) is 11.1. The van der Waals surface area contributed by atoms with Gasteiger partial charge in [-0.3, -0.25) is 0 Å². The van der Waals surface area contributed by atoms with Gasteiger partial charge in [0.1, 0.15) is 6.07 Å². The summed E-state index contributed by atoms with van der Waals surface area (Å²) in [5, 5.41) is 9.09. The Morgan fingerprint density at radius 1 is 1.32 bits per heavy atom. The SMILES string of the molecule is CCOC(=O)C=C(C#N)c1ccc(OC)c(OC)c1. The highest BCUT2D eigenvalue weighted by Crippen LogP contribution is 2.30. The van der Waals surface area contributed by atoms with Crippen LogP contribution in [0.15, 0.2) is 24.3 Å². The number of ether oxygens (including phenoxy) is 3. The number of rotatable bonds is 5. The van der Waals surface area contributed by atoms with Crippen LogP contribution in [0.5, 0.6) is 11.5 Å². The van der Waals surface area contributed by atoms with E-state index < -0.39 is 5.97 Å². The Morgan fingerprint density at radius 2 is 2.00 bits per heavy atom. The van der Waals surface area contributed by atoms with Gasteiger partial charge >= 0.3 is 5.97 Å². The molecule has 0 fully saturated rings. The van der Waals surface area contributed by atoms with Gasteiger partial charge in [-0.05, 0) is 30.7 Å². The summed E-state index contributed by atoms with van der Waals surface area (Å²) in [6.07, 6.45) is 1.16. The van der Waals surface area contributed by atoms with Crippen LogP contribution in [-0.4, -0.2) is 26.8 Å². The van der Waals surface area contributed by atoms with E-state index in [4.69, 9.17) is 19.5 Å². The Labute approximate surface area is 112 Å². The zero-order valence-corrected chi connectivity index (χ0v) is 11.1. The summed E-state index contributed by atoms with van der Waals surface area (Å²) in [6.45, 7) is 1.97. The minimum absolute atomic E-state index is 0.208. The molecule has 1 aromatic rings. The predicted octanol–water partition coefficient (Wildman–Crippen LogP) is 2.17. The van der Waals surface area contributed by atoms with Crippen LogP contribution in [0.1, 0.15) is 12.5 Å². The Morgan fingerprint density at radius 3 is 2.53 bits per heavy atom. The largest absolute Gasteiger partial charge is 0.493 e. The summed E-state index contributed by atoms with van der Waals surface area (Å²) < 4.78 is 15.0. The van der Waals surface area contributed by atoms with Gasteiger partial charge in [0.2, 0.25) is 0 Å². The molecule has 0 radical (unpaired) electrons. The maximum atomic E-state index is 11.4. The standard InChI is InChI=1S/C14H15NO4/c1-4-19-14(16)8-11(9-15)10-5-6-12(17-2)13(7-10)18-3/h5-8H,4H2,1-3H3. The minimum Gasteiger partial charge on any atom is -0.493 e. The first-order valence-electron chi connectivity index (χ1n) is 5.67. The number of esters is 1. The maximum Gasteiger partial charge on any atom is 0.332 e.